The molecule has 0 amide bonds. The Morgan fingerprint density at radius 1 is 0.950 bits per heavy atom. The van der Waals surface area contributed by atoms with Crippen molar-refractivity contribution >= 4 is 11.6 Å². The zero-order chi connectivity index (χ0) is 14.6. The topological polar surface area (TPSA) is 23.8 Å². The van der Waals surface area contributed by atoms with Gasteiger partial charge in [0.15, 0.2) is 0 Å². The van der Waals surface area contributed by atoms with Gasteiger partial charge in [0.2, 0.25) is 0 Å². The molecule has 0 unspecified atom stereocenters. The molecule has 0 aliphatic rings. The standard InChI is InChI=1S/C16H10F3N/c17-16(18,19)15-9-5-4-8-14(15)13(11-20)10-12-6-2-1-3-7-12/h1-10H. The van der Waals surface area contributed by atoms with Crippen LogP contribution < -0.4 is 0 Å². The summed E-state index contributed by atoms with van der Waals surface area (Å²) in [4.78, 5) is 0. The quantitative estimate of drug-likeness (QED) is 0.571. The lowest BCUT2D eigenvalue weighted by Gasteiger charge is -2.11. The van der Waals surface area contributed by atoms with Gasteiger partial charge in [-0.1, -0.05) is 48.5 Å². The van der Waals surface area contributed by atoms with E-state index in [1.165, 1.54) is 24.3 Å². The normalized spacial score (nSPS) is 12.0. The van der Waals surface area contributed by atoms with E-state index in [2.05, 4.69) is 0 Å². The highest BCUT2D eigenvalue weighted by molar-refractivity contribution is 5.90. The second kappa shape index (κ2) is 5.62. The number of benzene rings is 2. The maximum Gasteiger partial charge on any atom is 0.417 e. The minimum absolute atomic E-state index is 0.0101. The van der Waals surface area contributed by atoms with Crippen molar-refractivity contribution in [2.75, 3.05) is 0 Å². The molecule has 0 saturated heterocycles. The molecule has 0 saturated carbocycles. The SMILES string of the molecule is N#CC(=Cc1ccccc1)c1ccccc1C(F)(F)F. The van der Waals surface area contributed by atoms with Gasteiger partial charge in [-0.05, 0) is 17.7 Å². The summed E-state index contributed by atoms with van der Waals surface area (Å²) in [6.07, 6.45) is -3.03. The number of hydrogen-bond donors (Lipinski definition) is 0. The molecule has 0 aromatic heterocycles. The molecule has 0 bridgehead atoms. The molecule has 2 rings (SSSR count). The lowest BCUT2D eigenvalue weighted by Crippen LogP contribution is -2.08. The lowest BCUT2D eigenvalue weighted by atomic mass is 9.98. The van der Waals surface area contributed by atoms with Gasteiger partial charge < -0.3 is 0 Å². The summed E-state index contributed by atoms with van der Waals surface area (Å²) in [6.45, 7) is 0. The van der Waals surface area contributed by atoms with Crippen molar-refractivity contribution in [1.82, 2.24) is 0 Å². The summed E-state index contributed by atoms with van der Waals surface area (Å²) < 4.78 is 38.8. The number of hydrogen-bond acceptors (Lipinski definition) is 1. The van der Waals surface area contributed by atoms with Crippen LogP contribution in [0.2, 0.25) is 0 Å². The number of rotatable bonds is 2. The highest BCUT2D eigenvalue weighted by atomic mass is 19.4. The Morgan fingerprint density at radius 3 is 2.15 bits per heavy atom. The van der Waals surface area contributed by atoms with Crippen molar-refractivity contribution in [1.29, 1.82) is 5.26 Å². The second-order valence-electron chi connectivity index (χ2n) is 4.12. The third-order valence-electron chi connectivity index (χ3n) is 2.75. The molecular weight excluding hydrogens is 263 g/mol. The second-order valence-corrected chi connectivity index (χ2v) is 4.12. The largest absolute Gasteiger partial charge is 0.417 e. The van der Waals surface area contributed by atoms with Gasteiger partial charge in [0.25, 0.3) is 0 Å². The lowest BCUT2D eigenvalue weighted by molar-refractivity contribution is -0.137. The van der Waals surface area contributed by atoms with Crippen LogP contribution in [0.5, 0.6) is 0 Å². The Balaban J connectivity index is 2.55. The Labute approximate surface area is 114 Å². The molecule has 0 aliphatic heterocycles. The van der Waals surface area contributed by atoms with Gasteiger partial charge in [-0.25, -0.2) is 0 Å². The molecule has 0 fully saturated rings. The fourth-order valence-corrected chi connectivity index (χ4v) is 1.85. The molecule has 0 spiro atoms. The predicted molar refractivity (Wildman–Crippen MR) is 71.4 cm³/mol. The summed E-state index contributed by atoms with van der Waals surface area (Å²) in [5.41, 5.74) is -0.236. The molecular formula is C16H10F3N. The van der Waals surface area contributed by atoms with E-state index >= 15 is 0 Å². The van der Waals surface area contributed by atoms with E-state index in [9.17, 15) is 13.2 Å². The molecule has 0 heterocycles. The molecule has 4 heteroatoms. The van der Waals surface area contributed by atoms with E-state index in [4.69, 9.17) is 5.26 Å². The fraction of sp³-hybridized carbons (Fsp3) is 0.0625. The molecule has 0 atom stereocenters. The van der Waals surface area contributed by atoms with Crippen molar-refractivity contribution in [3.63, 3.8) is 0 Å². The first-order chi connectivity index (χ1) is 9.52. The van der Waals surface area contributed by atoms with Crippen molar-refractivity contribution < 1.29 is 13.2 Å². The van der Waals surface area contributed by atoms with E-state index in [1.54, 1.807) is 30.3 Å². The van der Waals surface area contributed by atoms with Crippen LogP contribution >= 0.6 is 0 Å². The van der Waals surface area contributed by atoms with Gasteiger partial charge in [0.05, 0.1) is 17.2 Å². The summed E-state index contributed by atoms with van der Waals surface area (Å²) >= 11 is 0. The molecule has 1 nitrogen and oxygen atoms in total. The van der Waals surface area contributed by atoms with Crippen LogP contribution in [0.3, 0.4) is 0 Å². The van der Waals surface area contributed by atoms with Crippen LogP contribution in [0.4, 0.5) is 13.2 Å². The molecule has 0 aliphatic carbocycles. The van der Waals surface area contributed by atoms with Gasteiger partial charge in [0, 0.05) is 5.56 Å². The van der Waals surface area contributed by atoms with Crippen LogP contribution in [0.25, 0.3) is 11.6 Å². The predicted octanol–water partition coefficient (Wildman–Crippen LogP) is 4.77. The maximum absolute atomic E-state index is 12.9. The Bertz CT molecular complexity index is 664. The first-order valence-corrected chi connectivity index (χ1v) is 5.86. The zero-order valence-electron chi connectivity index (χ0n) is 10.4. The Morgan fingerprint density at radius 2 is 1.55 bits per heavy atom. The van der Waals surface area contributed by atoms with E-state index in [-0.39, 0.29) is 11.1 Å². The maximum atomic E-state index is 12.9. The minimum Gasteiger partial charge on any atom is -0.192 e. The number of allylic oxidation sites excluding steroid dienone is 1. The minimum atomic E-state index is -4.48. The molecule has 0 radical (unpaired) electrons. The van der Waals surface area contributed by atoms with Crippen LogP contribution in [-0.2, 0) is 6.18 Å². The first-order valence-electron chi connectivity index (χ1n) is 5.86. The number of nitrogens with zero attached hydrogens (tertiary/aromatic N) is 1. The highest BCUT2D eigenvalue weighted by Gasteiger charge is 2.33. The van der Waals surface area contributed by atoms with Crippen molar-refractivity contribution in [2.45, 2.75) is 6.18 Å². The third-order valence-corrected chi connectivity index (χ3v) is 2.75. The van der Waals surface area contributed by atoms with Gasteiger partial charge in [-0.2, -0.15) is 18.4 Å². The van der Waals surface area contributed by atoms with Crippen LogP contribution in [-0.4, -0.2) is 0 Å². The molecule has 2 aromatic carbocycles. The number of alkyl halides is 3. The van der Waals surface area contributed by atoms with E-state index in [0.29, 0.717) is 5.56 Å². The zero-order valence-corrected chi connectivity index (χ0v) is 10.4. The average molecular weight is 273 g/mol. The Hall–Kier alpha value is -2.54. The highest BCUT2D eigenvalue weighted by Crippen LogP contribution is 2.35. The summed E-state index contributed by atoms with van der Waals surface area (Å²) in [5, 5.41) is 9.15. The molecule has 0 N–H and O–H groups in total. The van der Waals surface area contributed by atoms with Crippen LogP contribution in [0.15, 0.2) is 54.6 Å². The van der Waals surface area contributed by atoms with Crippen molar-refractivity contribution in [3.05, 3.63) is 71.3 Å². The summed E-state index contributed by atoms with van der Waals surface area (Å²) in [6, 6.07) is 15.7. The van der Waals surface area contributed by atoms with Gasteiger partial charge >= 0.3 is 6.18 Å². The van der Waals surface area contributed by atoms with Crippen LogP contribution in [0.1, 0.15) is 16.7 Å². The summed E-state index contributed by atoms with van der Waals surface area (Å²) in [7, 11) is 0. The van der Waals surface area contributed by atoms with Crippen LogP contribution in [0, 0.1) is 11.3 Å². The summed E-state index contributed by atoms with van der Waals surface area (Å²) in [5.74, 6) is 0. The van der Waals surface area contributed by atoms with E-state index in [1.807, 2.05) is 6.07 Å². The van der Waals surface area contributed by atoms with Crippen molar-refractivity contribution in [3.8, 4) is 6.07 Å². The Kier molecular flexibility index (Phi) is 3.90. The van der Waals surface area contributed by atoms with Gasteiger partial charge in [-0.15, -0.1) is 0 Å². The smallest absolute Gasteiger partial charge is 0.192 e. The average Bonchev–Trinajstić information content (AvgIpc) is 2.45. The van der Waals surface area contributed by atoms with Gasteiger partial charge in [-0.3, -0.25) is 0 Å². The fourth-order valence-electron chi connectivity index (χ4n) is 1.85. The number of nitriles is 1. The van der Waals surface area contributed by atoms with Gasteiger partial charge in [0.1, 0.15) is 0 Å². The molecule has 100 valence electrons. The van der Waals surface area contributed by atoms with E-state index in [0.717, 1.165) is 6.07 Å². The molecule has 2 aromatic rings. The number of halogens is 3. The van der Waals surface area contributed by atoms with Crippen molar-refractivity contribution in [2.24, 2.45) is 0 Å². The van der Waals surface area contributed by atoms with E-state index < -0.39 is 11.7 Å². The third kappa shape index (κ3) is 3.07. The first kappa shape index (κ1) is 13.9. The molecule has 20 heavy (non-hydrogen) atoms. The monoisotopic (exact) mass is 273 g/mol.